The summed E-state index contributed by atoms with van der Waals surface area (Å²) in [5.74, 6) is 0.498. The van der Waals surface area contributed by atoms with Crippen molar-refractivity contribution in [3.8, 4) is 0 Å². The average molecular weight is 312 g/mol. The maximum Gasteiger partial charge on any atom is 0.160 e. The highest BCUT2D eigenvalue weighted by molar-refractivity contribution is 5.98. The van der Waals surface area contributed by atoms with Crippen molar-refractivity contribution >= 4 is 11.5 Å². The zero-order valence-corrected chi connectivity index (χ0v) is 14.3. The number of nitrogens with one attached hydrogen (secondary N) is 1. The zero-order valence-electron chi connectivity index (χ0n) is 14.3. The molecule has 124 valence electrons. The van der Waals surface area contributed by atoms with Gasteiger partial charge >= 0.3 is 0 Å². The molecular weight excluding hydrogens is 284 g/mol. The van der Waals surface area contributed by atoms with E-state index >= 15 is 0 Å². The van der Waals surface area contributed by atoms with Gasteiger partial charge in [-0.1, -0.05) is 31.4 Å². The van der Waals surface area contributed by atoms with E-state index in [-0.39, 0.29) is 17.2 Å². The van der Waals surface area contributed by atoms with Crippen LogP contribution in [0.1, 0.15) is 62.6 Å². The number of ketones is 1. The monoisotopic (exact) mass is 312 g/mol. The number of benzene rings is 1. The van der Waals surface area contributed by atoms with E-state index in [1.165, 1.54) is 24.8 Å². The van der Waals surface area contributed by atoms with Crippen LogP contribution in [0.15, 0.2) is 24.3 Å². The van der Waals surface area contributed by atoms with Gasteiger partial charge in [0.25, 0.3) is 0 Å². The normalized spacial score (nSPS) is 22.5. The van der Waals surface area contributed by atoms with Crippen molar-refractivity contribution in [1.29, 1.82) is 0 Å². The van der Waals surface area contributed by atoms with Crippen LogP contribution >= 0.6 is 0 Å². The van der Waals surface area contributed by atoms with Gasteiger partial charge in [0.2, 0.25) is 0 Å². The van der Waals surface area contributed by atoms with Crippen molar-refractivity contribution in [3.63, 3.8) is 0 Å². The van der Waals surface area contributed by atoms with E-state index in [1.807, 2.05) is 6.08 Å². The number of hydrogen-bond acceptors (Lipinski definition) is 3. The van der Waals surface area contributed by atoms with Gasteiger partial charge in [-0.3, -0.25) is 4.79 Å². The Morgan fingerprint density at radius 3 is 2.74 bits per heavy atom. The van der Waals surface area contributed by atoms with Crippen molar-refractivity contribution < 1.29 is 4.79 Å². The third kappa shape index (κ3) is 3.66. The summed E-state index contributed by atoms with van der Waals surface area (Å²) in [4.78, 5) is 12.7. The second-order valence-corrected chi connectivity index (χ2v) is 7.68. The number of rotatable bonds is 3. The van der Waals surface area contributed by atoms with Crippen LogP contribution in [-0.4, -0.2) is 11.3 Å². The molecule has 1 aliphatic heterocycles. The minimum absolute atomic E-state index is 0.0318. The number of nitrogens with two attached hydrogens (primary N) is 1. The molecule has 23 heavy (non-hydrogen) atoms. The molecule has 1 saturated carbocycles. The van der Waals surface area contributed by atoms with Gasteiger partial charge < -0.3 is 11.1 Å². The average Bonchev–Trinajstić information content (AvgIpc) is 2.54. The maximum absolute atomic E-state index is 12.7. The molecule has 0 atom stereocenters. The third-order valence-electron chi connectivity index (χ3n) is 5.10. The molecule has 0 aromatic heterocycles. The van der Waals surface area contributed by atoms with Crippen molar-refractivity contribution in [2.75, 3.05) is 0 Å². The highest BCUT2D eigenvalue weighted by Crippen LogP contribution is 2.32. The molecular formula is C20H28N2O. The molecule has 2 aliphatic rings. The van der Waals surface area contributed by atoms with Crippen LogP contribution in [0, 0.1) is 5.92 Å². The first-order valence-corrected chi connectivity index (χ1v) is 8.84. The summed E-state index contributed by atoms with van der Waals surface area (Å²) < 4.78 is 0. The quantitative estimate of drug-likeness (QED) is 0.839. The molecule has 3 rings (SSSR count). The van der Waals surface area contributed by atoms with Crippen LogP contribution in [0.3, 0.4) is 0 Å². The van der Waals surface area contributed by atoms with Gasteiger partial charge in [-0.2, -0.15) is 0 Å². The Bertz CT molecular complexity index is 625. The van der Waals surface area contributed by atoms with Crippen LogP contribution in [0.5, 0.6) is 0 Å². The molecule has 0 bridgehead atoms. The predicted octanol–water partition coefficient (Wildman–Crippen LogP) is 3.56. The second-order valence-electron chi connectivity index (χ2n) is 7.68. The van der Waals surface area contributed by atoms with E-state index in [0.717, 1.165) is 36.1 Å². The van der Waals surface area contributed by atoms with E-state index in [1.54, 1.807) is 0 Å². The number of carbonyl (C=O) groups excluding carboxylic acids is 1. The first-order chi connectivity index (χ1) is 11.0. The number of allylic oxidation sites excluding steroid dienone is 1. The smallest absolute Gasteiger partial charge is 0.160 e. The van der Waals surface area contributed by atoms with E-state index in [9.17, 15) is 4.79 Å². The molecule has 1 aromatic carbocycles. The molecule has 1 fully saturated rings. The van der Waals surface area contributed by atoms with Crippen LogP contribution in [0.25, 0.3) is 5.70 Å². The molecule has 1 aliphatic carbocycles. The van der Waals surface area contributed by atoms with Gasteiger partial charge in [0, 0.05) is 35.3 Å². The molecule has 0 spiro atoms. The summed E-state index contributed by atoms with van der Waals surface area (Å²) in [6, 6.07) is 6.40. The molecule has 3 heteroatoms. The summed E-state index contributed by atoms with van der Waals surface area (Å²) >= 11 is 0. The molecule has 0 amide bonds. The largest absolute Gasteiger partial charge is 0.379 e. The van der Waals surface area contributed by atoms with Gasteiger partial charge in [0.15, 0.2) is 5.78 Å². The standard InChI is InChI=1S/C20H28N2O/c1-20(2)12-16-9-8-14(13-21)10-17(16)18(22-20)11-19(23)15-6-4-3-5-7-15/h8-11,15,22H,3-7,12-13,21H2,1-2H3. The maximum atomic E-state index is 12.7. The molecule has 1 aromatic rings. The Morgan fingerprint density at radius 1 is 1.30 bits per heavy atom. The number of hydrogen-bond donors (Lipinski definition) is 2. The zero-order chi connectivity index (χ0) is 16.4. The molecule has 0 radical (unpaired) electrons. The molecule has 0 saturated heterocycles. The molecule has 0 unspecified atom stereocenters. The lowest BCUT2D eigenvalue weighted by atomic mass is 9.82. The summed E-state index contributed by atoms with van der Waals surface area (Å²) in [6.07, 6.45) is 8.55. The number of carbonyl (C=O) groups is 1. The third-order valence-corrected chi connectivity index (χ3v) is 5.10. The topological polar surface area (TPSA) is 55.1 Å². The van der Waals surface area contributed by atoms with E-state index in [2.05, 4.69) is 37.4 Å². The van der Waals surface area contributed by atoms with Crippen LogP contribution in [0.2, 0.25) is 0 Å². The van der Waals surface area contributed by atoms with Crippen molar-refractivity contribution in [2.24, 2.45) is 11.7 Å². The van der Waals surface area contributed by atoms with Gasteiger partial charge in [0.05, 0.1) is 0 Å². The first kappa shape index (κ1) is 16.3. The fourth-order valence-corrected chi connectivity index (χ4v) is 3.87. The number of fused-ring (bicyclic) bond motifs is 1. The lowest BCUT2D eigenvalue weighted by Crippen LogP contribution is -2.44. The predicted molar refractivity (Wildman–Crippen MR) is 94.8 cm³/mol. The van der Waals surface area contributed by atoms with Gasteiger partial charge in [-0.25, -0.2) is 0 Å². The summed E-state index contributed by atoms with van der Waals surface area (Å²) in [7, 11) is 0. The van der Waals surface area contributed by atoms with E-state index in [4.69, 9.17) is 5.73 Å². The fraction of sp³-hybridized carbons (Fsp3) is 0.550. The van der Waals surface area contributed by atoms with E-state index in [0.29, 0.717) is 6.54 Å². The highest BCUT2D eigenvalue weighted by Gasteiger charge is 2.29. The van der Waals surface area contributed by atoms with Crippen LogP contribution in [-0.2, 0) is 17.8 Å². The summed E-state index contributed by atoms with van der Waals surface area (Å²) in [5.41, 5.74) is 10.3. The van der Waals surface area contributed by atoms with Gasteiger partial charge in [-0.15, -0.1) is 0 Å². The Labute approximate surface area is 139 Å². The highest BCUT2D eigenvalue weighted by atomic mass is 16.1. The van der Waals surface area contributed by atoms with Gasteiger partial charge in [0.1, 0.15) is 0 Å². The fourth-order valence-electron chi connectivity index (χ4n) is 3.87. The van der Waals surface area contributed by atoms with E-state index < -0.39 is 0 Å². The lowest BCUT2D eigenvalue weighted by Gasteiger charge is -2.36. The Hall–Kier alpha value is -1.61. The Morgan fingerprint density at radius 2 is 2.04 bits per heavy atom. The first-order valence-electron chi connectivity index (χ1n) is 8.84. The molecule has 3 nitrogen and oxygen atoms in total. The molecule has 1 heterocycles. The van der Waals surface area contributed by atoms with Crippen molar-refractivity contribution in [2.45, 2.75) is 64.5 Å². The van der Waals surface area contributed by atoms with Crippen LogP contribution < -0.4 is 11.1 Å². The minimum Gasteiger partial charge on any atom is -0.379 e. The second kappa shape index (κ2) is 6.48. The lowest BCUT2D eigenvalue weighted by molar-refractivity contribution is -0.119. The minimum atomic E-state index is -0.0318. The SMILES string of the molecule is CC1(C)Cc2ccc(CN)cc2C(=CC(=O)C2CCCCC2)N1. The Balaban J connectivity index is 1.94. The summed E-state index contributed by atoms with van der Waals surface area (Å²) in [5, 5.41) is 3.57. The van der Waals surface area contributed by atoms with Gasteiger partial charge in [-0.05, 0) is 50.3 Å². The van der Waals surface area contributed by atoms with Crippen LogP contribution in [0.4, 0.5) is 0 Å². The summed E-state index contributed by atoms with van der Waals surface area (Å²) in [6.45, 7) is 4.90. The van der Waals surface area contributed by atoms with Crippen molar-refractivity contribution in [1.82, 2.24) is 5.32 Å². The Kier molecular flexibility index (Phi) is 4.58. The van der Waals surface area contributed by atoms with Crippen molar-refractivity contribution in [3.05, 3.63) is 41.0 Å². The molecule has 3 N–H and O–H groups in total.